The molecule has 2 N–H and O–H groups in total. The van der Waals surface area contributed by atoms with Crippen LogP contribution in [-0.4, -0.2) is 37.3 Å². The Balaban J connectivity index is 2.43. The summed E-state index contributed by atoms with van der Waals surface area (Å²) in [6, 6.07) is 0. The normalized spacial score (nSPS) is 13.2. The summed E-state index contributed by atoms with van der Waals surface area (Å²) >= 11 is 5.88. The molecule has 104 valence electrons. The Hall–Kier alpha value is -1.40. The second-order valence-corrected chi connectivity index (χ2v) is 5.37. The van der Waals surface area contributed by atoms with E-state index in [4.69, 9.17) is 11.6 Å². The molecule has 0 saturated heterocycles. The summed E-state index contributed by atoms with van der Waals surface area (Å²) in [6.45, 7) is 7.19. The maximum absolute atomic E-state index is 9.36. The van der Waals surface area contributed by atoms with Crippen molar-refractivity contribution in [3.05, 3.63) is 11.6 Å². The van der Waals surface area contributed by atoms with Crippen molar-refractivity contribution < 1.29 is 5.11 Å². The number of aliphatic hydroxyl groups excluding tert-OH is 1. The maximum atomic E-state index is 9.36. The molecule has 0 aliphatic heterocycles. The molecule has 7 heteroatoms. The molecule has 2 aromatic rings. The van der Waals surface area contributed by atoms with Crippen LogP contribution < -0.4 is 5.32 Å². The number of imidazole rings is 1. The Morgan fingerprint density at radius 1 is 1.37 bits per heavy atom. The summed E-state index contributed by atoms with van der Waals surface area (Å²) in [7, 11) is 0. The van der Waals surface area contributed by atoms with Crippen molar-refractivity contribution in [2.45, 2.75) is 33.4 Å². The molecule has 0 radical (unpaired) electrons. The van der Waals surface area contributed by atoms with Crippen molar-refractivity contribution in [1.82, 2.24) is 19.5 Å². The van der Waals surface area contributed by atoms with E-state index >= 15 is 0 Å². The van der Waals surface area contributed by atoms with E-state index in [0.717, 1.165) is 12.1 Å². The number of rotatable bonds is 5. The predicted octanol–water partition coefficient (Wildman–Crippen LogP) is 1.93. The summed E-state index contributed by atoms with van der Waals surface area (Å²) < 4.78 is 2.00. The molecule has 0 saturated carbocycles. The highest BCUT2D eigenvalue weighted by Crippen LogP contribution is 2.22. The van der Waals surface area contributed by atoms with Crippen molar-refractivity contribution in [2.24, 2.45) is 5.92 Å². The van der Waals surface area contributed by atoms with Gasteiger partial charge in [0.05, 0.1) is 12.4 Å². The maximum Gasteiger partial charge on any atom is 0.226 e. The molecule has 6 nitrogen and oxygen atoms in total. The average molecular weight is 284 g/mol. The van der Waals surface area contributed by atoms with Crippen LogP contribution >= 0.6 is 11.6 Å². The number of anilines is 1. The van der Waals surface area contributed by atoms with E-state index in [1.54, 1.807) is 13.3 Å². The Labute approximate surface area is 116 Å². The minimum atomic E-state index is -0.467. The van der Waals surface area contributed by atoms with Crippen molar-refractivity contribution in [3.8, 4) is 0 Å². The largest absolute Gasteiger partial charge is 0.392 e. The molecular weight excluding hydrogens is 266 g/mol. The molecular formula is C12H18ClN5O. The quantitative estimate of drug-likeness (QED) is 0.820. The van der Waals surface area contributed by atoms with Gasteiger partial charge in [-0.05, 0) is 24.4 Å². The van der Waals surface area contributed by atoms with E-state index < -0.39 is 6.10 Å². The van der Waals surface area contributed by atoms with Gasteiger partial charge in [0.2, 0.25) is 5.28 Å². The first-order chi connectivity index (χ1) is 8.97. The molecule has 0 aliphatic rings. The molecule has 2 aromatic heterocycles. The van der Waals surface area contributed by atoms with Gasteiger partial charge >= 0.3 is 0 Å². The molecule has 0 spiro atoms. The van der Waals surface area contributed by atoms with Crippen LogP contribution in [0.1, 0.15) is 20.8 Å². The summed E-state index contributed by atoms with van der Waals surface area (Å²) in [5.41, 5.74) is 1.38. The van der Waals surface area contributed by atoms with Gasteiger partial charge in [0.15, 0.2) is 11.5 Å². The second-order valence-electron chi connectivity index (χ2n) is 5.03. The summed E-state index contributed by atoms with van der Waals surface area (Å²) in [5, 5.41) is 12.6. The van der Waals surface area contributed by atoms with Gasteiger partial charge in [-0.3, -0.25) is 0 Å². The van der Waals surface area contributed by atoms with Crippen molar-refractivity contribution in [1.29, 1.82) is 0 Å². The van der Waals surface area contributed by atoms with Gasteiger partial charge in [0.25, 0.3) is 0 Å². The molecule has 0 aromatic carbocycles. The molecule has 0 amide bonds. The van der Waals surface area contributed by atoms with E-state index in [-0.39, 0.29) is 5.28 Å². The van der Waals surface area contributed by atoms with E-state index in [2.05, 4.69) is 34.1 Å². The number of aliphatic hydroxyl groups is 1. The fourth-order valence-corrected chi connectivity index (χ4v) is 2.02. The van der Waals surface area contributed by atoms with E-state index in [1.165, 1.54) is 0 Å². The number of fused-ring (bicyclic) bond motifs is 1. The topological polar surface area (TPSA) is 75.9 Å². The van der Waals surface area contributed by atoms with Gasteiger partial charge in [-0.2, -0.15) is 9.97 Å². The number of nitrogens with one attached hydrogen (secondary N) is 1. The predicted molar refractivity (Wildman–Crippen MR) is 75.3 cm³/mol. The Kier molecular flexibility index (Phi) is 4.21. The Morgan fingerprint density at radius 3 is 2.74 bits per heavy atom. The third-order valence-electron chi connectivity index (χ3n) is 2.57. The fraction of sp³-hybridized carbons (Fsp3) is 0.583. The second kappa shape index (κ2) is 5.71. The summed E-state index contributed by atoms with van der Waals surface area (Å²) in [6.07, 6.45) is 1.27. The highest BCUT2D eigenvalue weighted by Gasteiger charge is 2.13. The van der Waals surface area contributed by atoms with Gasteiger partial charge in [-0.15, -0.1) is 0 Å². The lowest BCUT2D eigenvalue weighted by atomic mass is 10.2. The SMILES string of the molecule is CC(C)Cn1cnc2nc(Cl)nc(NCC(C)O)c21. The zero-order chi connectivity index (χ0) is 14.0. The van der Waals surface area contributed by atoms with Crippen LogP contribution in [0.25, 0.3) is 11.2 Å². The zero-order valence-electron chi connectivity index (χ0n) is 11.3. The number of nitrogens with zero attached hydrogens (tertiary/aromatic N) is 4. The Morgan fingerprint density at radius 2 is 2.11 bits per heavy atom. The Bertz CT molecular complexity index is 566. The highest BCUT2D eigenvalue weighted by molar-refractivity contribution is 6.28. The molecule has 0 bridgehead atoms. The van der Waals surface area contributed by atoms with Crippen LogP contribution in [0.15, 0.2) is 6.33 Å². The lowest BCUT2D eigenvalue weighted by molar-refractivity contribution is 0.208. The number of halogens is 1. The summed E-state index contributed by atoms with van der Waals surface area (Å²) in [5.74, 6) is 1.09. The van der Waals surface area contributed by atoms with Crippen LogP contribution in [-0.2, 0) is 6.54 Å². The first-order valence-corrected chi connectivity index (χ1v) is 6.65. The highest BCUT2D eigenvalue weighted by atomic mass is 35.5. The van der Waals surface area contributed by atoms with Crippen molar-refractivity contribution >= 4 is 28.6 Å². The van der Waals surface area contributed by atoms with Crippen LogP contribution in [0.5, 0.6) is 0 Å². The van der Waals surface area contributed by atoms with E-state index in [0.29, 0.717) is 23.9 Å². The molecule has 1 unspecified atom stereocenters. The smallest absolute Gasteiger partial charge is 0.226 e. The van der Waals surface area contributed by atoms with Crippen molar-refractivity contribution in [3.63, 3.8) is 0 Å². The monoisotopic (exact) mass is 283 g/mol. The minimum absolute atomic E-state index is 0.149. The first-order valence-electron chi connectivity index (χ1n) is 6.27. The lowest BCUT2D eigenvalue weighted by Crippen LogP contribution is -2.17. The molecule has 2 heterocycles. The number of hydrogen-bond acceptors (Lipinski definition) is 5. The van der Waals surface area contributed by atoms with Crippen LogP contribution in [0.4, 0.5) is 5.82 Å². The molecule has 0 aliphatic carbocycles. The van der Waals surface area contributed by atoms with Gasteiger partial charge < -0.3 is 15.0 Å². The summed E-state index contributed by atoms with van der Waals surface area (Å²) in [4.78, 5) is 12.5. The van der Waals surface area contributed by atoms with Gasteiger partial charge in [0.1, 0.15) is 5.52 Å². The van der Waals surface area contributed by atoms with Crippen LogP contribution in [0.2, 0.25) is 5.28 Å². The number of aromatic nitrogens is 4. The van der Waals surface area contributed by atoms with Crippen molar-refractivity contribution in [2.75, 3.05) is 11.9 Å². The zero-order valence-corrected chi connectivity index (χ0v) is 12.0. The van der Waals surface area contributed by atoms with Gasteiger partial charge in [-0.1, -0.05) is 13.8 Å². The number of hydrogen-bond donors (Lipinski definition) is 2. The molecule has 1 atom stereocenters. The molecule has 19 heavy (non-hydrogen) atoms. The molecule has 2 rings (SSSR count). The van der Waals surface area contributed by atoms with Crippen LogP contribution in [0, 0.1) is 5.92 Å². The van der Waals surface area contributed by atoms with Crippen LogP contribution in [0.3, 0.4) is 0 Å². The standard InChI is InChI=1S/C12H18ClN5O/c1-7(2)5-18-6-15-11-9(18)10(14-4-8(3)19)16-12(13)17-11/h6-8,19H,4-5H2,1-3H3,(H,14,16,17). The first kappa shape index (κ1) is 14.0. The lowest BCUT2D eigenvalue weighted by Gasteiger charge is -2.12. The third kappa shape index (κ3) is 3.33. The van der Waals surface area contributed by atoms with Gasteiger partial charge in [-0.25, -0.2) is 4.98 Å². The average Bonchev–Trinajstić information content (AvgIpc) is 2.68. The molecule has 0 fully saturated rings. The van der Waals surface area contributed by atoms with E-state index in [9.17, 15) is 5.11 Å². The minimum Gasteiger partial charge on any atom is -0.392 e. The third-order valence-corrected chi connectivity index (χ3v) is 2.74. The van der Waals surface area contributed by atoms with E-state index in [1.807, 2.05) is 4.57 Å². The fourth-order valence-electron chi connectivity index (χ4n) is 1.85. The van der Waals surface area contributed by atoms with Gasteiger partial charge in [0, 0.05) is 13.1 Å².